The van der Waals surface area contributed by atoms with Gasteiger partial charge in [-0.25, -0.2) is 0 Å². The molecule has 0 spiro atoms. The molecule has 5 nitrogen and oxygen atoms in total. The van der Waals surface area contributed by atoms with Crippen molar-refractivity contribution in [1.82, 2.24) is 9.80 Å². The van der Waals surface area contributed by atoms with Crippen LogP contribution in [0, 0.1) is 5.92 Å². The molecule has 0 N–H and O–H groups in total. The number of amides is 1. The Bertz CT molecular complexity index is 374. The summed E-state index contributed by atoms with van der Waals surface area (Å²) in [6.45, 7) is 8.29. The van der Waals surface area contributed by atoms with Gasteiger partial charge in [0.1, 0.15) is 0 Å². The fourth-order valence-corrected chi connectivity index (χ4v) is 4.29. The van der Waals surface area contributed by atoms with Gasteiger partial charge in [-0.15, -0.1) is 0 Å². The van der Waals surface area contributed by atoms with Crippen LogP contribution in [0.3, 0.4) is 0 Å². The number of carbonyl (C=O) groups is 1. The molecule has 0 unspecified atom stereocenters. The molecular weight excluding hydrogens is 280 g/mol. The molecule has 0 aromatic carbocycles. The van der Waals surface area contributed by atoms with Crippen molar-refractivity contribution in [2.75, 3.05) is 32.8 Å². The Morgan fingerprint density at radius 1 is 1.05 bits per heavy atom. The zero-order chi connectivity index (χ0) is 15.5. The first kappa shape index (κ1) is 16.2. The number of nitrogens with zero attached hydrogens (tertiary/aromatic N) is 2. The van der Waals surface area contributed by atoms with E-state index in [1.807, 2.05) is 0 Å². The summed E-state index contributed by atoms with van der Waals surface area (Å²) in [5.74, 6) is 0.717. The molecule has 22 heavy (non-hydrogen) atoms. The van der Waals surface area contributed by atoms with Gasteiger partial charge in [-0.05, 0) is 52.5 Å². The van der Waals surface area contributed by atoms with E-state index in [1.54, 1.807) is 0 Å². The van der Waals surface area contributed by atoms with Gasteiger partial charge in [0.2, 0.25) is 5.91 Å². The molecule has 3 aliphatic rings. The first-order valence-electron chi connectivity index (χ1n) is 8.92. The third-order valence-corrected chi connectivity index (χ3v) is 5.41. The summed E-state index contributed by atoms with van der Waals surface area (Å²) in [6.07, 6.45) is 5.75. The minimum Gasteiger partial charge on any atom is -0.350 e. The van der Waals surface area contributed by atoms with Gasteiger partial charge in [0.05, 0.1) is 19.8 Å². The van der Waals surface area contributed by atoms with Gasteiger partial charge < -0.3 is 14.4 Å². The van der Waals surface area contributed by atoms with Gasteiger partial charge in [0.15, 0.2) is 6.29 Å². The minimum atomic E-state index is -0.0502. The van der Waals surface area contributed by atoms with Crippen molar-refractivity contribution < 1.29 is 14.3 Å². The molecule has 3 saturated heterocycles. The third kappa shape index (κ3) is 3.63. The van der Waals surface area contributed by atoms with Crippen LogP contribution < -0.4 is 0 Å². The molecule has 0 aromatic rings. The van der Waals surface area contributed by atoms with E-state index in [2.05, 4.69) is 23.6 Å². The summed E-state index contributed by atoms with van der Waals surface area (Å²) in [5, 5.41) is 0. The lowest BCUT2D eigenvalue weighted by atomic mass is 9.96. The summed E-state index contributed by atoms with van der Waals surface area (Å²) < 4.78 is 11.3. The molecule has 3 aliphatic heterocycles. The smallest absolute Gasteiger partial charge is 0.237 e. The van der Waals surface area contributed by atoms with E-state index in [1.165, 1.54) is 6.42 Å². The average molecular weight is 310 g/mol. The second kappa shape index (κ2) is 7.28. The summed E-state index contributed by atoms with van der Waals surface area (Å²) >= 11 is 0. The topological polar surface area (TPSA) is 42.0 Å². The zero-order valence-electron chi connectivity index (χ0n) is 14.0. The van der Waals surface area contributed by atoms with Crippen molar-refractivity contribution in [3.8, 4) is 0 Å². The lowest BCUT2D eigenvalue weighted by Gasteiger charge is -2.41. The molecule has 3 heterocycles. The fourth-order valence-electron chi connectivity index (χ4n) is 4.29. The van der Waals surface area contributed by atoms with Gasteiger partial charge in [-0.2, -0.15) is 0 Å². The monoisotopic (exact) mass is 310 g/mol. The van der Waals surface area contributed by atoms with E-state index in [0.717, 1.165) is 38.8 Å². The molecule has 0 bridgehead atoms. The quantitative estimate of drug-likeness (QED) is 0.798. The molecular formula is C17H30N2O3. The Morgan fingerprint density at radius 2 is 1.73 bits per heavy atom. The highest BCUT2D eigenvalue weighted by molar-refractivity contribution is 5.79. The van der Waals surface area contributed by atoms with Crippen LogP contribution in [-0.2, 0) is 14.3 Å². The molecule has 0 radical (unpaired) electrons. The minimum absolute atomic E-state index is 0.0502. The molecule has 0 aliphatic carbocycles. The van der Waals surface area contributed by atoms with Crippen LogP contribution in [0.5, 0.6) is 0 Å². The largest absolute Gasteiger partial charge is 0.350 e. The van der Waals surface area contributed by atoms with Gasteiger partial charge >= 0.3 is 0 Å². The van der Waals surface area contributed by atoms with Crippen LogP contribution in [-0.4, -0.2) is 66.9 Å². The van der Waals surface area contributed by atoms with Crippen molar-refractivity contribution in [1.29, 1.82) is 0 Å². The van der Waals surface area contributed by atoms with E-state index < -0.39 is 0 Å². The highest BCUT2D eigenvalue weighted by Gasteiger charge is 2.34. The number of piperidine rings is 2. The van der Waals surface area contributed by atoms with E-state index in [4.69, 9.17) is 9.47 Å². The van der Waals surface area contributed by atoms with E-state index >= 15 is 0 Å². The summed E-state index contributed by atoms with van der Waals surface area (Å²) in [7, 11) is 0. The molecule has 3 atom stereocenters. The number of rotatable bonds is 3. The van der Waals surface area contributed by atoms with Crippen LogP contribution >= 0.6 is 0 Å². The maximum absolute atomic E-state index is 12.7. The summed E-state index contributed by atoms with van der Waals surface area (Å²) in [5.41, 5.74) is 0. The van der Waals surface area contributed by atoms with E-state index in [0.29, 0.717) is 43.7 Å². The highest BCUT2D eigenvalue weighted by Crippen LogP contribution is 2.26. The molecule has 0 saturated carbocycles. The maximum atomic E-state index is 12.7. The second-order valence-electron chi connectivity index (χ2n) is 7.18. The van der Waals surface area contributed by atoms with Crippen LogP contribution in [0.2, 0.25) is 0 Å². The summed E-state index contributed by atoms with van der Waals surface area (Å²) in [6, 6.07) is 0.775. The second-order valence-corrected chi connectivity index (χ2v) is 7.18. The normalized spacial score (nSPS) is 35.0. The lowest BCUT2D eigenvalue weighted by molar-refractivity contribution is -0.140. The lowest BCUT2D eigenvalue weighted by Crippen LogP contribution is -2.52. The predicted molar refractivity (Wildman–Crippen MR) is 84.5 cm³/mol. The Labute approximate surface area is 133 Å². The highest BCUT2D eigenvalue weighted by atomic mass is 16.7. The summed E-state index contributed by atoms with van der Waals surface area (Å²) in [4.78, 5) is 17.2. The molecule has 126 valence electrons. The Morgan fingerprint density at radius 3 is 2.41 bits per heavy atom. The first-order chi connectivity index (χ1) is 10.6. The number of hydrogen-bond acceptors (Lipinski definition) is 4. The molecule has 0 aromatic heterocycles. The predicted octanol–water partition coefficient (Wildman–Crippen LogP) is 1.86. The average Bonchev–Trinajstić information content (AvgIpc) is 3.01. The van der Waals surface area contributed by atoms with Gasteiger partial charge in [0.25, 0.3) is 0 Å². The van der Waals surface area contributed by atoms with Crippen LogP contribution in [0.4, 0.5) is 0 Å². The first-order valence-corrected chi connectivity index (χ1v) is 8.92. The number of ether oxygens (including phenoxy) is 2. The van der Waals surface area contributed by atoms with E-state index in [9.17, 15) is 4.79 Å². The standard InChI is InChI=1S/C17H30N2O3/c1-13-5-3-6-14(2)19(13)16(20)12-18-8-4-7-15(11-18)17-21-9-10-22-17/h13-15,17H,3-12H2,1-2H3/t13-,14-,15+/m1/s1. The Balaban J connectivity index is 1.54. The van der Waals surface area contributed by atoms with Crippen LogP contribution in [0.15, 0.2) is 0 Å². The van der Waals surface area contributed by atoms with Crippen molar-refractivity contribution in [2.24, 2.45) is 5.92 Å². The molecule has 3 fully saturated rings. The van der Waals surface area contributed by atoms with Crippen LogP contribution in [0.1, 0.15) is 46.0 Å². The van der Waals surface area contributed by atoms with Crippen molar-refractivity contribution in [2.45, 2.75) is 64.3 Å². The third-order valence-electron chi connectivity index (χ3n) is 5.41. The van der Waals surface area contributed by atoms with Crippen molar-refractivity contribution in [3.63, 3.8) is 0 Å². The van der Waals surface area contributed by atoms with E-state index in [-0.39, 0.29) is 6.29 Å². The number of carbonyl (C=O) groups excluding carboxylic acids is 1. The Hall–Kier alpha value is -0.650. The van der Waals surface area contributed by atoms with Crippen molar-refractivity contribution >= 4 is 5.91 Å². The van der Waals surface area contributed by atoms with Gasteiger partial charge in [-0.1, -0.05) is 0 Å². The Kier molecular flexibility index (Phi) is 5.37. The van der Waals surface area contributed by atoms with Gasteiger partial charge in [-0.3, -0.25) is 9.69 Å². The number of hydrogen-bond donors (Lipinski definition) is 0. The van der Waals surface area contributed by atoms with Gasteiger partial charge in [0, 0.05) is 24.5 Å². The van der Waals surface area contributed by atoms with Crippen LogP contribution in [0.25, 0.3) is 0 Å². The maximum Gasteiger partial charge on any atom is 0.237 e. The molecule has 5 heteroatoms. The number of likely N-dealkylation sites (tertiary alicyclic amines) is 2. The molecule has 3 rings (SSSR count). The SMILES string of the molecule is C[C@@H]1CCC[C@@H](C)N1C(=O)CN1CCC[C@H](C2OCCO2)C1. The molecule has 1 amide bonds. The zero-order valence-corrected chi connectivity index (χ0v) is 14.0. The van der Waals surface area contributed by atoms with Crippen molar-refractivity contribution in [3.05, 3.63) is 0 Å². The fraction of sp³-hybridized carbons (Fsp3) is 0.941.